The van der Waals surface area contributed by atoms with Crippen molar-refractivity contribution in [2.45, 2.75) is 32.5 Å². The van der Waals surface area contributed by atoms with Gasteiger partial charge in [-0.1, -0.05) is 12.1 Å². The van der Waals surface area contributed by atoms with Crippen molar-refractivity contribution >= 4 is 0 Å². The zero-order valence-electron chi connectivity index (χ0n) is 12.5. The van der Waals surface area contributed by atoms with Crippen molar-refractivity contribution in [2.24, 2.45) is 5.73 Å². The van der Waals surface area contributed by atoms with Gasteiger partial charge in [-0.3, -0.25) is 4.90 Å². The van der Waals surface area contributed by atoms with Crippen LogP contribution < -0.4 is 10.5 Å². The predicted molar refractivity (Wildman–Crippen MR) is 81.1 cm³/mol. The summed E-state index contributed by atoms with van der Waals surface area (Å²) in [7, 11) is 0. The fourth-order valence-corrected chi connectivity index (χ4v) is 2.68. The summed E-state index contributed by atoms with van der Waals surface area (Å²) >= 11 is 0. The number of hydrogen-bond donors (Lipinski definition) is 1. The van der Waals surface area contributed by atoms with Crippen molar-refractivity contribution in [3.05, 3.63) is 29.8 Å². The molecule has 2 N–H and O–H groups in total. The number of rotatable bonds is 6. The molecule has 0 aliphatic carbocycles. The first kappa shape index (κ1) is 15.3. The monoisotopic (exact) mass is 278 g/mol. The number of benzene rings is 1. The van der Waals surface area contributed by atoms with E-state index in [1.807, 2.05) is 12.1 Å². The van der Waals surface area contributed by atoms with Crippen LogP contribution in [0, 0.1) is 0 Å². The van der Waals surface area contributed by atoms with Gasteiger partial charge in [-0.05, 0) is 44.5 Å². The van der Waals surface area contributed by atoms with Gasteiger partial charge in [0.1, 0.15) is 12.4 Å². The van der Waals surface area contributed by atoms with Crippen LogP contribution >= 0.6 is 0 Å². The maximum atomic E-state index is 5.80. The van der Waals surface area contributed by atoms with E-state index in [0.29, 0.717) is 18.8 Å². The second-order valence-corrected chi connectivity index (χ2v) is 5.55. The van der Waals surface area contributed by atoms with Gasteiger partial charge < -0.3 is 15.2 Å². The van der Waals surface area contributed by atoms with Crippen molar-refractivity contribution in [1.29, 1.82) is 0 Å². The van der Waals surface area contributed by atoms with Crippen LogP contribution in [0.5, 0.6) is 5.75 Å². The maximum Gasteiger partial charge on any atom is 0.119 e. The van der Waals surface area contributed by atoms with Crippen LogP contribution in [-0.4, -0.2) is 49.9 Å². The Morgan fingerprint density at radius 2 is 1.85 bits per heavy atom. The SMILES string of the molecule is C[C@@H]1CN(CCOc2ccc(CCN)cc2)C[C@@H](C)O1. The lowest BCUT2D eigenvalue weighted by Gasteiger charge is -2.35. The summed E-state index contributed by atoms with van der Waals surface area (Å²) in [5.74, 6) is 0.931. The topological polar surface area (TPSA) is 47.7 Å². The minimum absolute atomic E-state index is 0.314. The third-order valence-electron chi connectivity index (χ3n) is 3.53. The van der Waals surface area contributed by atoms with Gasteiger partial charge in [0.25, 0.3) is 0 Å². The van der Waals surface area contributed by atoms with E-state index in [-0.39, 0.29) is 0 Å². The third kappa shape index (κ3) is 4.78. The first-order valence-electron chi connectivity index (χ1n) is 7.47. The number of morpholine rings is 1. The largest absolute Gasteiger partial charge is 0.492 e. The Labute approximate surface area is 121 Å². The van der Waals surface area contributed by atoms with E-state index < -0.39 is 0 Å². The van der Waals surface area contributed by atoms with E-state index in [1.54, 1.807) is 0 Å². The van der Waals surface area contributed by atoms with Crippen LogP contribution in [0.1, 0.15) is 19.4 Å². The molecule has 1 fully saturated rings. The summed E-state index contributed by atoms with van der Waals surface area (Å²) in [4.78, 5) is 2.40. The lowest BCUT2D eigenvalue weighted by Crippen LogP contribution is -2.46. The minimum Gasteiger partial charge on any atom is -0.492 e. The Balaban J connectivity index is 1.72. The molecule has 20 heavy (non-hydrogen) atoms. The van der Waals surface area contributed by atoms with Crippen LogP contribution in [0.4, 0.5) is 0 Å². The molecule has 2 atom stereocenters. The van der Waals surface area contributed by atoms with E-state index in [4.69, 9.17) is 15.2 Å². The first-order valence-corrected chi connectivity index (χ1v) is 7.47. The summed E-state index contributed by atoms with van der Waals surface area (Å²) in [5.41, 5.74) is 6.80. The Hall–Kier alpha value is -1.10. The molecule has 0 amide bonds. The predicted octanol–water partition coefficient (Wildman–Crippen LogP) is 1.68. The Morgan fingerprint density at radius 3 is 2.45 bits per heavy atom. The van der Waals surface area contributed by atoms with Crippen molar-refractivity contribution in [3.8, 4) is 5.75 Å². The summed E-state index contributed by atoms with van der Waals surface area (Å²) in [6.07, 6.45) is 1.55. The molecule has 1 heterocycles. The summed E-state index contributed by atoms with van der Waals surface area (Å²) < 4.78 is 11.5. The highest BCUT2D eigenvalue weighted by Gasteiger charge is 2.21. The van der Waals surface area contributed by atoms with Crippen molar-refractivity contribution in [3.63, 3.8) is 0 Å². The van der Waals surface area contributed by atoms with Gasteiger partial charge in [0, 0.05) is 19.6 Å². The molecule has 1 aliphatic heterocycles. The smallest absolute Gasteiger partial charge is 0.119 e. The quantitative estimate of drug-likeness (QED) is 0.860. The minimum atomic E-state index is 0.314. The average molecular weight is 278 g/mol. The molecule has 1 saturated heterocycles. The molecule has 1 aliphatic rings. The summed E-state index contributed by atoms with van der Waals surface area (Å²) in [6.45, 7) is 8.58. The van der Waals surface area contributed by atoms with Gasteiger partial charge in [0.05, 0.1) is 12.2 Å². The molecular formula is C16H26N2O2. The number of nitrogens with zero attached hydrogens (tertiary/aromatic N) is 1. The van der Waals surface area contributed by atoms with E-state index in [2.05, 4.69) is 30.9 Å². The van der Waals surface area contributed by atoms with Gasteiger partial charge in [0.15, 0.2) is 0 Å². The molecule has 0 unspecified atom stereocenters. The van der Waals surface area contributed by atoms with Crippen molar-refractivity contribution in [1.82, 2.24) is 4.90 Å². The molecule has 4 nitrogen and oxygen atoms in total. The van der Waals surface area contributed by atoms with E-state index in [0.717, 1.165) is 38.4 Å². The molecule has 1 aromatic carbocycles. The van der Waals surface area contributed by atoms with Crippen molar-refractivity contribution in [2.75, 3.05) is 32.8 Å². The van der Waals surface area contributed by atoms with Gasteiger partial charge in [0.2, 0.25) is 0 Å². The van der Waals surface area contributed by atoms with Crippen molar-refractivity contribution < 1.29 is 9.47 Å². The lowest BCUT2D eigenvalue weighted by atomic mass is 10.1. The third-order valence-corrected chi connectivity index (χ3v) is 3.53. The highest BCUT2D eigenvalue weighted by atomic mass is 16.5. The summed E-state index contributed by atoms with van der Waals surface area (Å²) in [5, 5.41) is 0. The molecule has 4 heteroatoms. The molecular weight excluding hydrogens is 252 g/mol. The van der Waals surface area contributed by atoms with Crippen LogP contribution in [0.3, 0.4) is 0 Å². The molecule has 1 aromatic rings. The van der Waals surface area contributed by atoms with E-state index in [1.165, 1.54) is 5.56 Å². The Kier molecular flexibility index (Phi) is 5.83. The standard InChI is InChI=1S/C16H26N2O2/c1-13-11-18(12-14(2)20-13)9-10-19-16-5-3-15(4-6-16)7-8-17/h3-6,13-14H,7-12,17H2,1-2H3/t13-,14-/m1/s1. The normalized spacial score (nSPS) is 23.8. The first-order chi connectivity index (χ1) is 9.67. The number of hydrogen-bond acceptors (Lipinski definition) is 4. The number of nitrogens with two attached hydrogens (primary N) is 1. The van der Waals surface area contributed by atoms with Gasteiger partial charge in [-0.15, -0.1) is 0 Å². The zero-order chi connectivity index (χ0) is 14.4. The van der Waals surface area contributed by atoms with Crippen LogP contribution in [0.2, 0.25) is 0 Å². The molecule has 0 bridgehead atoms. The fraction of sp³-hybridized carbons (Fsp3) is 0.625. The lowest BCUT2D eigenvalue weighted by molar-refractivity contribution is -0.0699. The zero-order valence-corrected chi connectivity index (χ0v) is 12.5. The fourth-order valence-electron chi connectivity index (χ4n) is 2.68. The maximum absolute atomic E-state index is 5.80. The molecule has 112 valence electrons. The Bertz CT molecular complexity index is 384. The molecule has 0 radical (unpaired) electrons. The Morgan fingerprint density at radius 1 is 1.20 bits per heavy atom. The highest BCUT2D eigenvalue weighted by molar-refractivity contribution is 5.27. The molecule has 0 spiro atoms. The summed E-state index contributed by atoms with van der Waals surface area (Å²) in [6, 6.07) is 8.22. The average Bonchev–Trinajstić information content (AvgIpc) is 2.40. The van der Waals surface area contributed by atoms with Crippen LogP contribution in [-0.2, 0) is 11.2 Å². The van der Waals surface area contributed by atoms with Gasteiger partial charge in [-0.25, -0.2) is 0 Å². The molecule has 0 saturated carbocycles. The highest BCUT2D eigenvalue weighted by Crippen LogP contribution is 2.13. The number of ether oxygens (including phenoxy) is 2. The molecule has 0 aromatic heterocycles. The van der Waals surface area contributed by atoms with E-state index >= 15 is 0 Å². The van der Waals surface area contributed by atoms with Crippen LogP contribution in [0.15, 0.2) is 24.3 Å². The van der Waals surface area contributed by atoms with Crippen LogP contribution in [0.25, 0.3) is 0 Å². The van der Waals surface area contributed by atoms with E-state index in [9.17, 15) is 0 Å². The van der Waals surface area contributed by atoms with Gasteiger partial charge in [-0.2, -0.15) is 0 Å². The van der Waals surface area contributed by atoms with Gasteiger partial charge >= 0.3 is 0 Å². The second kappa shape index (κ2) is 7.62. The molecule has 2 rings (SSSR count). The second-order valence-electron chi connectivity index (χ2n) is 5.55.